The number of H-pyrrole nitrogens is 1. The summed E-state index contributed by atoms with van der Waals surface area (Å²) in [6.45, 7) is 4.59. The van der Waals surface area contributed by atoms with Crippen molar-refractivity contribution in [3.8, 4) is 0 Å². The number of rotatable bonds is 3. The molecule has 0 spiro atoms. The Bertz CT molecular complexity index is 844. The number of amides is 1. The van der Waals surface area contributed by atoms with Gasteiger partial charge in [-0.25, -0.2) is 4.98 Å². The highest BCUT2D eigenvalue weighted by molar-refractivity contribution is 6.04. The molecule has 1 aliphatic rings. The maximum Gasteiger partial charge on any atom is 0.274 e. The molecule has 0 aliphatic carbocycles. The number of nitrogens with zero attached hydrogens (tertiary/aromatic N) is 4. The summed E-state index contributed by atoms with van der Waals surface area (Å²) in [6, 6.07) is 6.03. The Kier molecular flexibility index (Phi) is 3.80. The van der Waals surface area contributed by atoms with Crippen LogP contribution in [0.15, 0.2) is 36.9 Å². The number of hydrogen-bond donors (Lipinski definition) is 1. The van der Waals surface area contributed by atoms with Gasteiger partial charge in [-0.2, -0.15) is 5.10 Å². The lowest BCUT2D eigenvalue weighted by Gasteiger charge is -2.31. The lowest BCUT2D eigenvalue weighted by molar-refractivity contribution is 0.0679. The molecule has 0 radical (unpaired) electrons. The van der Waals surface area contributed by atoms with Crippen LogP contribution >= 0.6 is 0 Å². The van der Waals surface area contributed by atoms with E-state index in [1.807, 2.05) is 48.7 Å². The van der Waals surface area contributed by atoms with Crippen LogP contribution in [0.3, 0.4) is 0 Å². The molecule has 4 rings (SSSR count). The summed E-state index contributed by atoms with van der Waals surface area (Å²) in [7, 11) is 0. The number of nitrogens with one attached hydrogen (secondary N) is 1. The monoisotopic (exact) mass is 323 g/mol. The number of imidazole rings is 1. The van der Waals surface area contributed by atoms with E-state index in [2.05, 4.69) is 19.7 Å². The highest BCUT2D eigenvalue weighted by Crippen LogP contribution is 2.23. The number of aromatic amines is 1. The van der Waals surface area contributed by atoms with Gasteiger partial charge in [0.25, 0.3) is 5.91 Å². The van der Waals surface area contributed by atoms with E-state index in [9.17, 15) is 4.79 Å². The smallest absolute Gasteiger partial charge is 0.274 e. The fourth-order valence-electron chi connectivity index (χ4n) is 3.45. The summed E-state index contributed by atoms with van der Waals surface area (Å²) >= 11 is 0. The number of piperidine rings is 1. The van der Waals surface area contributed by atoms with Gasteiger partial charge < -0.3 is 9.47 Å². The van der Waals surface area contributed by atoms with Gasteiger partial charge in [0.2, 0.25) is 0 Å². The number of aryl methyl sites for hydroxylation is 1. The molecule has 1 fully saturated rings. The molecule has 3 aromatic rings. The molecule has 6 heteroatoms. The molecule has 6 nitrogen and oxygen atoms in total. The average Bonchev–Trinajstić information content (AvgIpc) is 3.24. The van der Waals surface area contributed by atoms with Gasteiger partial charge in [-0.3, -0.25) is 9.89 Å². The summed E-state index contributed by atoms with van der Waals surface area (Å²) in [5, 5.41) is 8.15. The summed E-state index contributed by atoms with van der Waals surface area (Å²) in [6.07, 6.45) is 7.70. The Morgan fingerprint density at radius 2 is 2.17 bits per heavy atom. The van der Waals surface area contributed by atoms with Gasteiger partial charge in [0.1, 0.15) is 0 Å². The molecule has 1 saturated heterocycles. The Labute approximate surface area is 140 Å². The van der Waals surface area contributed by atoms with E-state index in [-0.39, 0.29) is 5.91 Å². The molecule has 1 N–H and O–H groups in total. The minimum absolute atomic E-state index is 0.0351. The number of benzene rings is 1. The van der Waals surface area contributed by atoms with Gasteiger partial charge in [0, 0.05) is 37.4 Å². The quantitative estimate of drug-likeness (QED) is 0.806. The zero-order valence-electron chi connectivity index (χ0n) is 13.8. The van der Waals surface area contributed by atoms with E-state index in [1.165, 1.54) is 0 Å². The summed E-state index contributed by atoms with van der Waals surface area (Å²) in [5.41, 5.74) is 2.60. The standard InChI is InChI=1S/C18H21N5O/c1-13-2-3-16-15(10-13)17(21-20-16)18(24)23-7-4-14(5-8-23)11-22-9-6-19-12-22/h2-3,6,9-10,12,14H,4-5,7-8,11H2,1H3,(H,20,21). The Morgan fingerprint density at radius 3 is 2.92 bits per heavy atom. The zero-order valence-corrected chi connectivity index (χ0v) is 13.8. The predicted octanol–water partition coefficient (Wildman–Crippen LogP) is 2.62. The van der Waals surface area contributed by atoms with Crippen molar-refractivity contribution in [3.63, 3.8) is 0 Å². The second kappa shape index (κ2) is 6.11. The third-order valence-electron chi connectivity index (χ3n) is 4.85. The van der Waals surface area contributed by atoms with Gasteiger partial charge in [-0.15, -0.1) is 0 Å². The van der Waals surface area contributed by atoms with Crippen molar-refractivity contribution in [2.45, 2.75) is 26.3 Å². The van der Waals surface area contributed by atoms with Crippen molar-refractivity contribution >= 4 is 16.8 Å². The van der Waals surface area contributed by atoms with Crippen LogP contribution in [-0.2, 0) is 6.54 Å². The lowest BCUT2D eigenvalue weighted by atomic mass is 9.96. The van der Waals surface area contributed by atoms with Crippen molar-refractivity contribution in [2.24, 2.45) is 5.92 Å². The summed E-state index contributed by atoms with van der Waals surface area (Å²) in [4.78, 5) is 18.9. The molecule has 0 bridgehead atoms. The molecular formula is C18H21N5O. The molecule has 1 aromatic carbocycles. The first kappa shape index (κ1) is 14.9. The fourth-order valence-corrected chi connectivity index (χ4v) is 3.45. The minimum Gasteiger partial charge on any atom is -0.337 e. The second-order valence-corrected chi connectivity index (χ2v) is 6.62. The Balaban J connectivity index is 1.45. The topological polar surface area (TPSA) is 66.8 Å². The summed E-state index contributed by atoms with van der Waals surface area (Å²) in [5.74, 6) is 0.634. The van der Waals surface area contributed by atoms with Gasteiger partial charge in [-0.05, 0) is 37.8 Å². The van der Waals surface area contributed by atoms with Gasteiger partial charge in [0.15, 0.2) is 5.69 Å². The number of hydrogen-bond acceptors (Lipinski definition) is 3. The Hall–Kier alpha value is -2.63. The minimum atomic E-state index is 0.0351. The molecule has 1 aliphatic heterocycles. The normalized spacial score (nSPS) is 16.0. The average molecular weight is 323 g/mol. The van der Waals surface area contributed by atoms with Crippen molar-refractivity contribution in [1.82, 2.24) is 24.6 Å². The molecule has 124 valence electrons. The number of likely N-dealkylation sites (tertiary alicyclic amines) is 1. The first-order valence-electron chi connectivity index (χ1n) is 8.40. The van der Waals surface area contributed by atoms with Crippen LogP contribution in [0.25, 0.3) is 10.9 Å². The fraction of sp³-hybridized carbons (Fsp3) is 0.389. The molecule has 3 heterocycles. The molecule has 0 unspecified atom stereocenters. The number of carbonyl (C=O) groups is 1. The molecular weight excluding hydrogens is 302 g/mol. The van der Waals surface area contributed by atoms with Crippen LogP contribution in [0.2, 0.25) is 0 Å². The van der Waals surface area contributed by atoms with Crippen LogP contribution in [0.1, 0.15) is 28.9 Å². The highest BCUT2D eigenvalue weighted by atomic mass is 16.2. The third kappa shape index (κ3) is 2.79. The van der Waals surface area contributed by atoms with Crippen molar-refractivity contribution in [3.05, 3.63) is 48.2 Å². The predicted molar refractivity (Wildman–Crippen MR) is 91.7 cm³/mol. The summed E-state index contributed by atoms with van der Waals surface area (Å²) < 4.78 is 2.12. The number of fused-ring (bicyclic) bond motifs is 1. The van der Waals surface area contributed by atoms with E-state index in [0.29, 0.717) is 11.6 Å². The molecule has 2 aromatic heterocycles. The van der Waals surface area contributed by atoms with Crippen LogP contribution in [0.4, 0.5) is 0 Å². The van der Waals surface area contributed by atoms with Gasteiger partial charge >= 0.3 is 0 Å². The van der Waals surface area contributed by atoms with Crippen molar-refractivity contribution < 1.29 is 4.79 Å². The van der Waals surface area contributed by atoms with E-state index < -0.39 is 0 Å². The largest absolute Gasteiger partial charge is 0.337 e. The maximum atomic E-state index is 12.8. The lowest BCUT2D eigenvalue weighted by Crippen LogP contribution is -2.39. The van der Waals surface area contributed by atoms with Crippen LogP contribution in [0, 0.1) is 12.8 Å². The molecule has 0 saturated carbocycles. The number of carbonyl (C=O) groups excluding carboxylic acids is 1. The zero-order chi connectivity index (χ0) is 16.5. The van der Waals surface area contributed by atoms with Crippen LogP contribution < -0.4 is 0 Å². The number of aromatic nitrogens is 4. The van der Waals surface area contributed by atoms with Crippen molar-refractivity contribution in [1.29, 1.82) is 0 Å². The van der Waals surface area contributed by atoms with E-state index >= 15 is 0 Å². The second-order valence-electron chi connectivity index (χ2n) is 6.62. The molecule has 1 amide bonds. The Morgan fingerprint density at radius 1 is 1.33 bits per heavy atom. The SMILES string of the molecule is Cc1ccc2[nH]nc(C(=O)N3CCC(Cn4ccnc4)CC3)c2c1. The first-order valence-corrected chi connectivity index (χ1v) is 8.40. The maximum absolute atomic E-state index is 12.8. The van der Waals surface area contributed by atoms with Gasteiger partial charge in [0.05, 0.1) is 11.8 Å². The van der Waals surface area contributed by atoms with E-state index in [0.717, 1.165) is 48.9 Å². The molecule has 0 atom stereocenters. The van der Waals surface area contributed by atoms with E-state index in [1.54, 1.807) is 0 Å². The van der Waals surface area contributed by atoms with Crippen LogP contribution in [-0.4, -0.2) is 43.6 Å². The van der Waals surface area contributed by atoms with E-state index in [4.69, 9.17) is 0 Å². The first-order chi connectivity index (χ1) is 11.7. The van der Waals surface area contributed by atoms with Crippen molar-refractivity contribution in [2.75, 3.05) is 13.1 Å². The highest BCUT2D eigenvalue weighted by Gasteiger charge is 2.26. The van der Waals surface area contributed by atoms with Crippen LogP contribution in [0.5, 0.6) is 0 Å². The molecule has 24 heavy (non-hydrogen) atoms. The van der Waals surface area contributed by atoms with Gasteiger partial charge in [-0.1, -0.05) is 11.6 Å². The third-order valence-corrected chi connectivity index (χ3v) is 4.85.